The molecule has 0 aliphatic carbocycles. The maximum atomic E-state index is 14.8. The molecule has 5 N–H and O–H groups in total. The third kappa shape index (κ3) is 12.6. The Bertz CT molecular complexity index is 1820. The van der Waals surface area contributed by atoms with Gasteiger partial charge in [-0.15, -0.1) is 0 Å². The number of cyclic esters (lactones) is 2. The summed E-state index contributed by atoms with van der Waals surface area (Å²) in [5.74, 6) is -1.12. The van der Waals surface area contributed by atoms with Crippen molar-refractivity contribution in [1.29, 1.82) is 0 Å². The van der Waals surface area contributed by atoms with Gasteiger partial charge in [0, 0.05) is 11.1 Å². The van der Waals surface area contributed by atoms with Crippen LogP contribution in [0.4, 0.5) is 28.0 Å². The molecule has 2 heterocycles. The second kappa shape index (κ2) is 19.4. The summed E-state index contributed by atoms with van der Waals surface area (Å²) in [6.07, 6.45) is -4.50. The molecule has 4 rings (SSSR count). The summed E-state index contributed by atoms with van der Waals surface area (Å²) in [6.45, 7) is 17.8. The zero-order chi connectivity index (χ0) is 42.1. The van der Waals surface area contributed by atoms with Crippen LogP contribution in [-0.2, 0) is 18.9 Å². The normalized spacial score (nSPS) is 17.3. The molecule has 2 saturated heterocycles. The van der Waals surface area contributed by atoms with Crippen LogP contribution in [0, 0.1) is 11.6 Å². The molecule has 0 spiro atoms. The van der Waals surface area contributed by atoms with Crippen molar-refractivity contribution < 1.29 is 56.4 Å². The Labute approximate surface area is 333 Å². The monoisotopic (exact) mass is 832 g/mol. The molecule has 2 aromatic carbocycles. The van der Waals surface area contributed by atoms with E-state index in [2.05, 4.69) is 32.0 Å². The summed E-state index contributed by atoms with van der Waals surface area (Å²) >= 11 is 12.1. The summed E-state index contributed by atoms with van der Waals surface area (Å²) in [5.41, 5.74) is 7.35. The fraction of sp³-hybridized carbons (Fsp3) is 0.528. The molecular formula is C36H48Cl2F2N6O10. The first-order valence-corrected chi connectivity index (χ1v) is 18.3. The summed E-state index contributed by atoms with van der Waals surface area (Å²) in [4.78, 5) is 46.5. The van der Waals surface area contributed by atoms with Crippen LogP contribution < -0.4 is 36.4 Å². The van der Waals surface area contributed by atoms with E-state index in [4.69, 9.17) is 51.6 Å². The second-order valence-corrected chi connectivity index (χ2v) is 15.0. The summed E-state index contributed by atoms with van der Waals surface area (Å²) < 4.78 is 61.3. The van der Waals surface area contributed by atoms with E-state index in [9.17, 15) is 28.0 Å². The molecule has 2 aromatic rings. The van der Waals surface area contributed by atoms with E-state index in [0.717, 1.165) is 0 Å². The van der Waals surface area contributed by atoms with Gasteiger partial charge in [0.2, 0.25) is 0 Å². The highest BCUT2D eigenvalue weighted by Gasteiger charge is 2.35. The predicted molar refractivity (Wildman–Crippen MR) is 202 cm³/mol. The van der Waals surface area contributed by atoms with Crippen LogP contribution in [-0.4, -0.2) is 67.6 Å². The van der Waals surface area contributed by atoms with E-state index < -0.39 is 65.5 Å². The van der Waals surface area contributed by atoms with E-state index in [-0.39, 0.29) is 59.0 Å². The number of nitrogens with zero attached hydrogens (tertiary/aromatic N) is 1. The van der Waals surface area contributed by atoms with Gasteiger partial charge < -0.3 is 39.1 Å². The molecule has 16 nitrogen and oxygen atoms in total. The summed E-state index contributed by atoms with van der Waals surface area (Å²) in [7, 11) is 0. The minimum Gasteiger partial charge on any atom is -0.493 e. The fourth-order valence-corrected chi connectivity index (χ4v) is 5.62. The molecule has 4 amide bonds. The number of alkyl carbamates (subject to hydrolysis) is 2. The highest BCUT2D eigenvalue weighted by Crippen LogP contribution is 2.41. The summed E-state index contributed by atoms with van der Waals surface area (Å²) in [6, 6.07) is 2.23. The van der Waals surface area contributed by atoms with Gasteiger partial charge in [-0.25, -0.2) is 38.8 Å². The van der Waals surface area contributed by atoms with Crippen LogP contribution in [0.25, 0.3) is 0 Å². The molecule has 0 radical (unpaired) electrons. The Hall–Kier alpha value is -4.81. The molecule has 56 heavy (non-hydrogen) atoms. The summed E-state index contributed by atoms with van der Waals surface area (Å²) in [5, 5.41) is 8.58. The molecule has 0 bridgehead atoms. The number of hydrazine groups is 1. The van der Waals surface area contributed by atoms with Crippen LogP contribution in [0.5, 0.6) is 11.5 Å². The van der Waals surface area contributed by atoms with Gasteiger partial charge in [0.15, 0.2) is 23.8 Å². The van der Waals surface area contributed by atoms with Gasteiger partial charge in [0.1, 0.15) is 22.7 Å². The van der Waals surface area contributed by atoms with Crippen molar-refractivity contribution in [3.8, 4) is 11.5 Å². The first-order valence-electron chi connectivity index (χ1n) is 17.5. The minimum absolute atomic E-state index is 0.00881. The molecule has 0 aromatic heterocycles. The standard InChI is InChI=1S/C18H25ClFN3O5.C18H23ClFN3O5/c2*1-6-26-15-10(9(2)22-23-17(25)28-18(3,4)5)7-11(19)14(20)13(15)12-8-21-16(24)27-12/h7,9,12,22H,6,8H2,1-5H3,(H,21,24)(H,23,25);7,12H,6,8H2,1-5H3,(H,21,24)(H,23,25)/b;22-9+/t9-,12-;12-/m00/s1. The number of hydrazone groups is 1. The zero-order valence-corrected chi connectivity index (χ0v) is 34.3. The van der Waals surface area contributed by atoms with Gasteiger partial charge in [-0.2, -0.15) is 5.10 Å². The SMILES string of the molecule is CCOc1c(/C(C)=N/NC(=O)OC(C)(C)C)cc(Cl)c(F)c1[C@@H]1CNC(=O)O1.CCOc1c([C@H](C)NNC(=O)OC(C)(C)C)cc(Cl)c(F)c1[C@@H]1CNC(=O)O1. The number of benzene rings is 2. The van der Waals surface area contributed by atoms with Crippen molar-refractivity contribution in [3.63, 3.8) is 0 Å². The first-order chi connectivity index (χ1) is 26.1. The number of ether oxygens (including phenoxy) is 6. The maximum Gasteiger partial charge on any atom is 0.428 e. The molecule has 310 valence electrons. The number of carbonyl (C=O) groups excluding carboxylic acids is 4. The molecular weight excluding hydrogens is 785 g/mol. The van der Waals surface area contributed by atoms with E-state index in [1.165, 1.54) is 12.1 Å². The third-order valence-corrected chi connectivity index (χ3v) is 7.93. The van der Waals surface area contributed by atoms with Gasteiger partial charge in [0.25, 0.3) is 0 Å². The van der Waals surface area contributed by atoms with Crippen molar-refractivity contribution in [2.45, 2.75) is 98.7 Å². The average Bonchev–Trinajstić information content (AvgIpc) is 3.72. The van der Waals surface area contributed by atoms with Gasteiger partial charge in [-0.1, -0.05) is 23.2 Å². The van der Waals surface area contributed by atoms with Gasteiger partial charge >= 0.3 is 24.4 Å². The van der Waals surface area contributed by atoms with Crippen LogP contribution in [0.2, 0.25) is 10.0 Å². The lowest BCUT2D eigenvalue weighted by Gasteiger charge is -2.24. The van der Waals surface area contributed by atoms with E-state index in [1.54, 1.807) is 69.2 Å². The number of hydrogen-bond acceptors (Lipinski definition) is 12. The molecule has 3 atom stereocenters. The number of hydrogen-bond donors (Lipinski definition) is 5. The van der Waals surface area contributed by atoms with Crippen LogP contribution in [0.1, 0.15) is 110 Å². The average molecular weight is 834 g/mol. The third-order valence-electron chi connectivity index (χ3n) is 7.38. The molecule has 2 fully saturated rings. The van der Waals surface area contributed by atoms with Crippen molar-refractivity contribution >= 4 is 53.3 Å². The Morgan fingerprint density at radius 3 is 1.79 bits per heavy atom. The maximum absolute atomic E-state index is 14.8. The first kappa shape index (κ1) is 45.6. The predicted octanol–water partition coefficient (Wildman–Crippen LogP) is 7.66. The topological polar surface area (TPSA) is 196 Å². The molecule has 2 aliphatic heterocycles. The van der Waals surface area contributed by atoms with Crippen molar-refractivity contribution in [2.75, 3.05) is 26.3 Å². The highest BCUT2D eigenvalue weighted by atomic mass is 35.5. The largest absolute Gasteiger partial charge is 0.493 e. The number of amides is 4. The van der Waals surface area contributed by atoms with Crippen LogP contribution in [0.3, 0.4) is 0 Å². The lowest BCUT2D eigenvalue weighted by atomic mass is 9.99. The van der Waals surface area contributed by atoms with Gasteiger partial charge in [0.05, 0.1) is 59.2 Å². The van der Waals surface area contributed by atoms with E-state index in [0.29, 0.717) is 16.8 Å². The Balaban J connectivity index is 0.000000300. The van der Waals surface area contributed by atoms with Crippen molar-refractivity contribution in [1.82, 2.24) is 26.9 Å². The molecule has 2 aliphatic rings. The second-order valence-electron chi connectivity index (χ2n) is 14.2. The number of nitrogens with one attached hydrogen (secondary N) is 5. The smallest absolute Gasteiger partial charge is 0.428 e. The molecule has 0 unspecified atom stereocenters. The number of rotatable bonds is 11. The Kier molecular flexibility index (Phi) is 15.8. The van der Waals surface area contributed by atoms with Gasteiger partial charge in [-0.05, 0) is 81.4 Å². The molecule has 0 saturated carbocycles. The lowest BCUT2D eigenvalue weighted by Crippen LogP contribution is -2.42. The van der Waals surface area contributed by atoms with Crippen molar-refractivity contribution in [2.24, 2.45) is 5.10 Å². The number of halogens is 4. The lowest BCUT2D eigenvalue weighted by molar-refractivity contribution is 0.0486. The van der Waals surface area contributed by atoms with Crippen molar-refractivity contribution in [3.05, 3.63) is 56.1 Å². The Morgan fingerprint density at radius 1 is 0.857 bits per heavy atom. The quantitative estimate of drug-likeness (QED) is 0.0847. The van der Waals surface area contributed by atoms with Gasteiger partial charge in [-0.3, -0.25) is 5.43 Å². The van der Waals surface area contributed by atoms with E-state index in [1.807, 2.05) is 0 Å². The molecule has 20 heteroatoms. The Morgan fingerprint density at radius 2 is 1.32 bits per heavy atom. The van der Waals surface area contributed by atoms with E-state index >= 15 is 0 Å². The van der Waals surface area contributed by atoms with Crippen LogP contribution >= 0.6 is 23.2 Å². The fourth-order valence-electron chi connectivity index (χ4n) is 5.19. The minimum atomic E-state index is -0.905. The highest BCUT2D eigenvalue weighted by molar-refractivity contribution is 6.31. The zero-order valence-electron chi connectivity index (χ0n) is 32.8. The number of carbonyl (C=O) groups is 4. The van der Waals surface area contributed by atoms with Crippen LogP contribution in [0.15, 0.2) is 17.2 Å².